The Morgan fingerprint density at radius 3 is 2.64 bits per heavy atom. The number of imidazole rings is 1. The highest BCUT2D eigenvalue weighted by atomic mass is 16.6. The molecule has 2 heterocycles. The number of esters is 1. The summed E-state index contributed by atoms with van der Waals surface area (Å²) in [6.45, 7) is 3.53. The Balaban J connectivity index is 1.47. The molecule has 0 saturated carbocycles. The summed E-state index contributed by atoms with van der Waals surface area (Å²) in [7, 11) is 0. The summed E-state index contributed by atoms with van der Waals surface area (Å²) in [5.74, 6) is 0.426. The molecule has 0 aliphatic carbocycles. The van der Waals surface area contributed by atoms with Gasteiger partial charge in [-0.25, -0.2) is 14.8 Å². The van der Waals surface area contributed by atoms with Crippen molar-refractivity contribution in [1.29, 1.82) is 5.26 Å². The van der Waals surface area contributed by atoms with Crippen LogP contribution in [0.3, 0.4) is 0 Å². The molecular formula is C27H25N5O4. The van der Waals surface area contributed by atoms with E-state index in [0.717, 1.165) is 23.4 Å². The molecule has 182 valence electrons. The molecule has 0 unspecified atom stereocenters. The quantitative estimate of drug-likeness (QED) is 0.366. The minimum absolute atomic E-state index is 0.212. The van der Waals surface area contributed by atoms with Crippen molar-refractivity contribution in [3.05, 3.63) is 83.3 Å². The summed E-state index contributed by atoms with van der Waals surface area (Å²) in [6, 6.07) is 18.4. The van der Waals surface area contributed by atoms with E-state index in [1.54, 1.807) is 43.3 Å². The third-order valence-corrected chi connectivity index (χ3v) is 5.43. The highest BCUT2D eigenvalue weighted by Crippen LogP contribution is 2.21. The second kappa shape index (κ2) is 11.1. The molecule has 0 aliphatic rings. The van der Waals surface area contributed by atoms with Crippen LogP contribution in [0.4, 0.5) is 10.5 Å². The van der Waals surface area contributed by atoms with E-state index in [1.165, 1.54) is 11.1 Å². The molecule has 0 aliphatic heterocycles. The maximum Gasteiger partial charge on any atom is 0.420 e. The summed E-state index contributed by atoms with van der Waals surface area (Å²) < 4.78 is 10.6. The number of pyridine rings is 1. The predicted molar refractivity (Wildman–Crippen MR) is 134 cm³/mol. The predicted octanol–water partition coefficient (Wildman–Crippen LogP) is 4.49. The van der Waals surface area contributed by atoms with Crippen molar-refractivity contribution in [2.45, 2.75) is 26.7 Å². The fraction of sp³-hybridized carbons (Fsp3) is 0.222. The molecule has 2 aromatic carbocycles. The molecule has 36 heavy (non-hydrogen) atoms. The Morgan fingerprint density at radius 1 is 1.11 bits per heavy atom. The number of benzene rings is 2. The standard InChI is InChI=1S/C27H25N5O4/c1-3-35-25(33)17-32(21-6-4-5-18(2)13-21)27(34)36-22-14-23-26(29-16-22)31-24(30-23)12-11-19-7-9-20(15-28)10-8-19/h4-10,13-14,16H,3,11-12,17H2,1-2H3,(H,29,30,31). The van der Waals surface area contributed by atoms with Gasteiger partial charge in [0.25, 0.3) is 0 Å². The molecule has 1 amide bonds. The first kappa shape index (κ1) is 24.4. The van der Waals surface area contributed by atoms with Crippen LogP contribution in [0.5, 0.6) is 5.75 Å². The van der Waals surface area contributed by atoms with Gasteiger partial charge < -0.3 is 14.5 Å². The number of nitrogens with zero attached hydrogens (tertiary/aromatic N) is 4. The van der Waals surface area contributed by atoms with Crippen molar-refractivity contribution in [2.75, 3.05) is 18.1 Å². The molecule has 0 radical (unpaired) electrons. The summed E-state index contributed by atoms with van der Waals surface area (Å²) in [4.78, 5) is 38.4. The molecule has 0 spiro atoms. The zero-order valence-corrected chi connectivity index (χ0v) is 20.0. The van der Waals surface area contributed by atoms with E-state index < -0.39 is 12.1 Å². The largest absolute Gasteiger partial charge is 0.465 e. The Hall–Kier alpha value is -4.71. The number of aryl methyl sites for hydroxylation is 3. The lowest BCUT2D eigenvalue weighted by Crippen LogP contribution is -2.38. The number of ether oxygens (including phenoxy) is 2. The molecule has 0 atom stereocenters. The van der Waals surface area contributed by atoms with Gasteiger partial charge in [0.05, 0.1) is 30.0 Å². The highest BCUT2D eigenvalue weighted by Gasteiger charge is 2.22. The molecule has 4 aromatic rings. The monoisotopic (exact) mass is 483 g/mol. The van der Waals surface area contributed by atoms with Gasteiger partial charge in [0.1, 0.15) is 12.4 Å². The van der Waals surface area contributed by atoms with Crippen molar-refractivity contribution >= 4 is 28.9 Å². The van der Waals surface area contributed by atoms with Crippen LogP contribution in [0, 0.1) is 18.3 Å². The van der Waals surface area contributed by atoms with Gasteiger partial charge >= 0.3 is 12.1 Å². The van der Waals surface area contributed by atoms with Gasteiger partial charge in [-0.3, -0.25) is 9.69 Å². The van der Waals surface area contributed by atoms with E-state index in [0.29, 0.717) is 28.8 Å². The van der Waals surface area contributed by atoms with Crippen molar-refractivity contribution < 1.29 is 19.1 Å². The number of fused-ring (bicyclic) bond motifs is 1. The maximum atomic E-state index is 13.0. The second-order valence-corrected chi connectivity index (χ2v) is 8.13. The van der Waals surface area contributed by atoms with E-state index in [-0.39, 0.29) is 18.9 Å². The Bertz CT molecular complexity index is 1420. The average Bonchev–Trinajstić information content (AvgIpc) is 3.28. The number of rotatable bonds is 8. The molecular weight excluding hydrogens is 458 g/mol. The Kier molecular flexibility index (Phi) is 7.56. The first-order valence-corrected chi connectivity index (χ1v) is 11.5. The summed E-state index contributed by atoms with van der Waals surface area (Å²) >= 11 is 0. The number of nitriles is 1. The first-order valence-electron chi connectivity index (χ1n) is 11.5. The molecule has 9 nitrogen and oxygen atoms in total. The minimum Gasteiger partial charge on any atom is -0.465 e. The third kappa shape index (κ3) is 6.04. The number of H-pyrrole nitrogens is 1. The lowest BCUT2D eigenvalue weighted by atomic mass is 10.1. The number of hydrogen-bond donors (Lipinski definition) is 1. The van der Waals surface area contributed by atoms with E-state index in [1.807, 2.05) is 25.1 Å². The highest BCUT2D eigenvalue weighted by molar-refractivity contribution is 5.94. The Labute approximate surface area is 208 Å². The first-order chi connectivity index (χ1) is 17.4. The number of aromatic amines is 1. The van der Waals surface area contributed by atoms with Crippen molar-refractivity contribution in [1.82, 2.24) is 15.0 Å². The molecule has 1 N–H and O–H groups in total. The van der Waals surface area contributed by atoms with Crippen LogP contribution >= 0.6 is 0 Å². The lowest BCUT2D eigenvalue weighted by molar-refractivity contribution is -0.141. The molecule has 0 fully saturated rings. The van der Waals surface area contributed by atoms with Crippen LogP contribution in [-0.2, 0) is 22.4 Å². The van der Waals surface area contributed by atoms with E-state index in [9.17, 15) is 9.59 Å². The SMILES string of the molecule is CCOC(=O)CN(C(=O)Oc1cnc2nc(CCc3ccc(C#N)cc3)[nH]c2c1)c1cccc(C)c1. The molecule has 2 aromatic heterocycles. The van der Waals surface area contributed by atoms with E-state index in [2.05, 4.69) is 21.0 Å². The van der Waals surface area contributed by atoms with E-state index >= 15 is 0 Å². The van der Waals surface area contributed by atoms with Gasteiger partial charge in [0.2, 0.25) is 0 Å². The number of carbonyl (C=O) groups is 2. The number of aromatic nitrogens is 3. The number of nitrogens with one attached hydrogen (secondary N) is 1. The smallest absolute Gasteiger partial charge is 0.420 e. The van der Waals surface area contributed by atoms with Crippen LogP contribution in [-0.4, -0.2) is 40.2 Å². The van der Waals surface area contributed by atoms with Gasteiger partial charge in [-0.05, 0) is 55.7 Å². The second-order valence-electron chi connectivity index (χ2n) is 8.13. The van der Waals surface area contributed by atoms with Gasteiger partial charge in [-0.1, -0.05) is 24.3 Å². The zero-order valence-electron chi connectivity index (χ0n) is 20.0. The third-order valence-electron chi connectivity index (χ3n) is 5.43. The van der Waals surface area contributed by atoms with Crippen molar-refractivity contribution in [3.8, 4) is 11.8 Å². The zero-order chi connectivity index (χ0) is 25.5. The lowest BCUT2D eigenvalue weighted by Gasteiger charge is -2.21. The van der Waals surface area contributed by atoms with Crippen molar-refractivity contribution in [3.63, 3.8) is 0 Å². The number of hydrogen-bond acceptors (Lipinski definition) is 7. The van der Waals surface area contributed by atoms with Gasteiger partial charge in [0.15, 0.2) is 11.4 Å². The van der Waals surface area contributed by atoms with Crippen LogP contribution in [0.25, 0.3) is 11.2 Å². The molecule has 0 bridgehead atoms. The summed E-state index contributed by atoms with van der Waals surface area (Å²) in [5, 5.41) is 8.93. The molecule has 0 saturated heterocycles. The normalized spacial score (nSPS) is 10.6. The average molecular weight is 484 g/mol. The van der Waals surface area contributed by atoms with Crippen LogP contribution in [0.1, 0.15) is 29.4 Å². The summed E-state index contributed by atoms with van der Waals surface area (Å²) in [5.41, 5.74) is 4.30. The minimum atomic E-state index is -0.727. The molecule has 4 rings (SSSR count). The van der Waals surface area contributed by atoms with Crippen LogP contribution in [0.2, 0.25) is 0 Å². The number of anilines is 1. The Morgan fingerprint density at radius 2 is 1.92 bits per heavy atom. The fourth-order valence-electron chi connectivity index (χ4n) is 3.66. The topological polar surface area (TPSA) is 121 Å². The molecule has 9 heteroatoms. The number of amides is 1. The van der Waals surface area contributed by atoms with Crippen molar-refractivity contribution in [2.24, 2.45) is 0 Å². The fourth-order valence-corrected chi connectivity index (χ4v) is 3.66. The summed E-state index contributed by atoms with van der Waals surface area (Å²) in [6.07, 6.45) is 2.09. The van der Waals surface area contributed by atoms with E-state index in [4.69, 9.17) is 14.7 Å². The number of carbonyl (C=O) groups excluding carboxylic acids is 2. The van der Waals surface area contributed by atoms with Crippen LogP contribution < -0.4 is 9.64 Å². The maximum absolute atomic E-state index is 13.0. The van der Waals surface area contributed by atoms with Gasteiger partial charge in [-0.15, -0.1) is 0 Å². The van der Waals surface area contributed by atoms with Gasteiger partial charge in [-0.2, -0.15) is 5.26 Å². The van der Waals surface area contributed by atoms with Crippen LogP contribution in [0.15, 0.2) is 60.8 Å². The van der Waals surface area contributed by atoms with Gasteiger partial charge in [0, 0.05) is 18.2 Å².